The van der Waals surface area contributed by atoms with Gasteiger partial charge in [-0.3, -0.25) is 4.72 Å². The van der Waals surface area contributed by atoms with E-state index in [9.17, 15) is 13.5 Å². The molecule has 0 aliphatic heterocycles. The summed E-state index contributed by atoms with van der Waals surface area (Å²) in [6.45, 7) is 5.50. The Morgan fingerprint density at radius 3 is 2.26 bits per heavy atom. The zero-order valence-corrected chi connectivity index (χ0v) is 14.4. The second kappa shape index (κ2) is 6.50. The minimum atomic E-state index is -3.72. The van der Waals surface area contributed by atoms with E-state index >= 15 is 0 Å². The molecule has 1 N–H and O–H groups in total. The van der Waals surface area contributed by atoms with Gasteiger partial charge in [-0.15, -0.1) is 5.75 Å². The molecule has 0 aliphatic rings. The normalized spacial score (nSPS) is 11.5. The maximum atomic E-state index is 12.5. The van der Waals surface area contributed by atoms with Crippen LogP contribution in [-0.4, -0.2) is 15.5 Å². The van der Waals surface area contributed by atoms with E-state index in [1.165, 1.54) is 25.3 Å². The number of rotatable bonds is 5. The van der Waals surface area contributed by atoms with Crippen LogP contribution >= 0.6 is 0 Å². The van der Waals surface area contributed by atoms with Crippen LogP contribution in [0.3, 0.4) is 0 Å². The zero-order valence-electron chi connectivity index (χ0n) is 13.6. The first-order valence-corrected chi connectivity index (χ1v) is 8.71. The fraction of sp³-hybridized carbons (Fsp3) is 0.294. The van der Waals surface area contributed by atoms with Crippen molar-refractivity contribution in [1.82, 2.24) is 0 Å². The second-order valence-corrected chi connectivity index (χ2v) is 7.32. The minimum Gasteiger partial charge on any atom is -0.872 e. The van der Waals surface area contributed by atoms with E-state index in [2.05, 4.69) is 4.72 Å². The Kier molecular flexibility index (Phi) is 4.85. The number of methoxy groups -OCH3 is 1. The van der Waals surface area contributed by atoms with Crippen molar-refractivity contribution in [2.24, 2.45) is 0 Å². The SMILES string of the molecule is COc1ccc(S(=O)(=O)Nc2cc(C(C)C)c([O-])cc2C)cc1. The van der Waals surface area contributed by atoms with Crippen LogP contribution in [-0.2, 0) is 10.0 Å². The van der Waals surface area contributed by atoms with Gasteiger partial charge in [0.25, 0.3) is 10.0 Å². The van der Waals surface area contributed by atoms with Gasteiger partial charge in [-0.05, 0) is 48.7 Å². The van der Waals surface area contributed by atoms with Gasteiger partial charge in [0.1, 0.15) is 5.75 Å². The molecule has 2 rings (SSSR count). The second-order valence-electron chi connectivity index (χ2n) is 5.64. The van der Waals surface area contributed by atoms with Gasteiger partial charge in [-0.2, -0.15) is 0 Å². The third kappa shape index (κ3) is 3.76. The highest BCUT2D eigenvalue weighted by atomic mass is 32.2. The summed E-state index contributed by atoms with van der Waals surface area (Å²) >= 11 is 0. The number of aryl methyl sites for hydroxylation is 1. The van der Waals surface area contributed by atoms with Gasteiger partial charge in [0.05, 0.1) is 17.7 Å². The molecule has 0 unspecified atom stereocenters. The summed E-state index contributed by atoms with van der Waals surface area (Å²) in [7, 11) is -2.21. The Balaban J connectivity index is 2.38. The largest absolute Gasteiger partial charge is 0.872 e. The summed E-state index contributed by atoms with van der Waals surface area (Å²) in [5.41, 5.74) is 1.60. The van der Waals surface area contributed by atoms with E-state index in [1.54, 1.807) is 25.1 Å². The van der Waals surface area contributed by atoms with Crippen LogP contribution in [0.15, 0.2) is 41.3 Å². The van der Waals surface area contributed by atoms with Crippen LogP contribution in [0.4, 0.5) is 5.69 Å². The molecule has 0 saturated carbocycles. The molecule has 0 bridgehead atoms. The van der Waals surface area contributed by atoms with Crippen molar-refractivity contribution in [3.63, 3.8) is 0 Å². The molecule has 0 amide bonds. The predicted octanol–water partition coefficient (Wildman–Crippen LogP) is 3.00. The molecule has 0 fully saturated rings. The molecule has 0 radical (unpaired) electrons. The topological polar surface area (TPSA) is 78.5 Å². The van der Waals surface area contributed by atoms with Crippen molar-refractivity contribution in [3.8, 4) is 11.5 Å². The van der Waals surface area contributed by atoms with Crippen LogP contribution in [0.1, 0.15) is 30.9 Å². The Hall–Kier alpha value is -2.21. The van der Waals surface area contributed by atoms with Gasteiger partial charge in [0, 0.05) is 0 Å². The van der Waals surface area contributed by atoms with Crippen LogP contribution in [0.25, 0.3) is 0 Å². The first-order chi connectivity index (χ1) is 10.7. The maximum Gasteiger partial charge on any atom is 0.261 e. The number of ether oxygens (including phenoxy) is 1. The lowest BCUT2D eigenvalue weighted by molar-refractivity contribution is -0.269. The summed E-state index contributed by atoms with van der Waals surface area (Å²) in [5, 5.41) is 11.9. The highest BCUT2D eigenvalue weighted by molar-refractivity contribution is 7.92. The van der Waals surface area contributed by atoms with Crippen molar-refractivity contribution < 1.29 is 18.3 Å². The standard InChI is InChI=1S/C17H21NO4S/c1-11(2)15-10-16(12(3)9-17(15)19)18-23(20,21)14-7-5-13(22-4)6-8-14/h5-11,18-19H,1-4H3/p-1. The molecule has 124 valence electrons. The molecule has 0 saturated heterocycles. The number of nitrogens with one attached hydrogen (secondary N) is 1. The van der Waals surface area contributed by atoms with Crippen LogP contribution < -0.4 is 14.6 Å². The molecule has 0 aromatic heterocycles. The van der Waals surface area contributed by atoms with E-state index in [1.807, 2.05) is 13.8 Å². The van der Waals surface area contributed by atoms with Crippen molar-refractivity contribution >= 4 is 15.7 Å². The van der Waals surface area contributed by atoms with E-state index in [4.69, 9.17) is 4.74 Å². The maximum absolute atomic E-state index is 12.5. The van der Waals surface area contributed by atoms with Crippen LogP contribution in [0.2, 0.25) is 0 Å². The lowest BCUT2D eigenvalue weighted by Gasteiger charge is -2.20. The van der Waals surface area contributed by atoms with Gasteiger partial charge in [-0.25, -0.2) is 8.42 Å². The smallest absolute Gasteiger partial charge is 0.261 e. The lowest BCUT2D eigenvalue weighted by Crippen LogP contribution is -2.14. The molecule has 2 aromatic carbocycles. The summed E-state index contributed by atoms with van der Waals surface area (Å²) in [4.78, 5) is 0.134. The molecule has 23 heavy (non-hydrogen) atoms. The first kappa shape index (κ1) is 17.1. The number of sulfonamides is 1. The minimum absolute atomic E-state index is 0.0207. The fourth-order valence-electron chi connectivity index (χ4n) is 2.22. The zero-order chi connectivity index (χ0) is 17.2. The average molecular weight is 334 g/mol. The summed E-state index contributed by atoms with van der Waals surface area (Å²) in [6.07, 6.45) is 0. The average Bonchev–Trinajstić information content (AvgIpc) is 2.49. The number of benzene rings is 2. The highest BCUT2D eigenvalue weighted by Gasteiger charge is 2.16. The van der Waals surface area contributed by atoms with Gasteiger partial charge in [0.15, 0.2) is 0 Å². The number of anilines is 1. The first-order valence-electron chi connectivity index (χ1n) is 7.23. The molecular weight excluding hydrogens is 314 g/mol. The number of hydrogen-bond acceptors (Lipinski definition) is 4. The highest BCUT2D eigenvalue weighted by Crippen LogP contribution is 2.30. The van der Waals surface area contributed by atoms with Crippen LogP contribution in [0.5, 0.6) is 11.5 Å². The van der Waals surface area contributed by atoms with Crippen molar-refractivity contribution in [3.05, 3.63) is 47.5 Å². The third-order valence-electron chi connectivity index (χ3n) is 3.59. The van der Waals surface area contributed by atoms with E-state index in [-0.39, 0.29) is 16.6 Å². The molecule has 5 nitrogen and oxygen atoms in total. The third-order valence-corrected chi connectivity index (χ3v) is 4.97. The lowest BCUT2D eigenvalue weighted by atomic mass is 9.99. The Morgan fingerprint density at radius 1 is 1.13 bits per heavy atom. The number of hydrogen-bond donors (Lipinski definition) is 1. The van der Waals surface area contributed by atoms with Gasteiger partial charge in [-0.1, -0.05) is 25.5 Å². The Bertz CT molecular complexity index is 796. The molecular formula is C17H20NO4S-. The van der Waals surface area contributed by atoms with Gasteiger partial charge >= 0.3 is 0 Å². The molecule has 0 heterocycles. The predicted molar refractivity (Wildman–Crippen MR) is 88.5 cm³/mol. The Labute approximate surface area is 137 Å². The summed E-state index contributed by atoms with van der Waals surface area (Å²) in [6, 6.07) is 9.19. The van der Waals surface area contributed by atoms with E-state index < -0.39 is 10.0 Å². The Morgan fingerprint density at radius 2 is 1.74 bits per heavy atom. The summed E-state index contributed by atoms with van der Waals surface area (Å²) in [5.74, 6) is 0.523. The van der Waals surface area contributed by atoms with E-state index in [0.29, 0.717) is 22.6 Å². The summed E-state index contributed by atoms with van der Waals surface area (Å²) < 4.78 is 32.6. The van der Waals surface area contributed by atoms with Crippen molar-refractivity contribution in [1.29, 1.82) is 0 Å². The quantitative estimate of drug-likeness (QED) is 0.911. The monoisotopic (exact) mass is 334 g/mol. The molecule has 2 aromatic rings. The van der Waals surface area contributed by atoms with Crippen molar-refractivity contribution in [2.75, 3.05) is 11.8 Å². The van der Waals surface area contributed by atoms with Gasteiger partial charge < -0.3 is 9.84 Å². The molecule has 0 atom stereocenters. The van der Waals surface area contributed by atoms with Gasteiger partial charge in [0.2, 0.25) is 0 Å². The molecule has 6 heteroatoms. The molecule has 0 spiro atoms. The molecule has 0 aliphatic carbocycles. The van der Waals surface area contributed by atoms with E-state index in [0.717, 1.165) is 0 Å². The van der Waals surface area contributed by atoms with Crippen LogP contribution in [0, 0.1) is 6.92 Å². The fourth-order valence-corrected chi connectivity index (χ4v) is 3.34. The van der Waals surface area contributed by atoms with Crippen molar-refractivity contribution in [2.45, 2.75) is 31.6 Å².